The van der Waals surface area contributed by atoms with Crippen molar-refractivity contribution in [2.45, 2.75) is 63.5 Å². The average Bonchev–Trinajstić information content (AvgIpc) is 3.45. The lowest BCUT2D eigenvalue weighted by atomic mass is 9.97. The molecular weight excluding hydrogens is 642 g/mol. The number of alkyl halides is 3. The molecule has 3 aromatic rings. The monoisotopic (exact) mass is 678 g/mol. The van der Waals surface area contributed by atoms with Crippen molar-refractivity contribution in [3.8, 4) is 17.0 Å². The molecule has 1 atom stereocenters. The minimum Gasteiger partial charge on any atom is -0.496 e. The number of carbonyl (C=O) groups excluding carboxylic acids is 1. The third-order valence-electron chi connectivity index (χ3n) is 8.15. The van der Waals surface area contributed by atoms with E-state index < -0.39 is 23.6 Å². The number of amides is 1. The van der Waals surface area contributed by atoms with Gasteiger partial charge in [-0.2, -0.15) is 13.2 Å². The Kier molecular flexibility index (Phi) is 11.1. The molecule has 1 unspecified atom stereocenters. The minimum absolute atomic E-state index is 0.0540. The summed E-state index contributed by atoms with van der Waals surface area (Å²) in [5, 5.41) is 12.6. The summed E-state index contributed by atoms with van der Waals surface area (Å²) in [5.74, 6) is -0.429. The molecule has 46 heavy (non-hydrogen) atoms. The molecule has 5 rings (SSSR count). The Hall–Kier alpha value is -3.43. The van der Waals surface area contributed by atoms with Gasteiger partial charge in [0.05, 0.1) is 42.1 Å². The molecule has 2 N–H and O–H groups in total. The van der Waals surface area contributed by atoms with E-state index in [2.05, 4.69) is 32.1 Å². The Labute approximate surface area is 273 Å². The highest BCUT2D eigenvalue weighted by Gasteiger charge is 2.35. The Morgan fingerprint density at radius 1 is 1.13 bits per heavy atom. The van der Waals surface area contributed by atoms with Gasteiger partial charge >= 0.3 is 12.1 Å². The summed E-state index contributed by atoms with van der Waals surface area (Å²) in [6.07, 6.45) is 3.47. The Bertz CT molecular complexity index is 1510. The normalized spacial score (nSPS) is 18.0. The highest BCUT2D eigenvalue weighted by Crippen LogP contribution is 2.41. The standard InChI is InChI=1S/C31H37F3N6O4S2/c1-3-14-45-26-6-4-5-11-40(26)18-24-27(20-7-8-23(44-2)21(15-20)31(32,33)34)37-30(46-24)38-28(41)22-16-36-25(17-35-22)39-12-9-19(10-13-39)29(42)43/h7-8,15-17,19,26H,3-6,9-14,18H2,1-2H3,(H,42,43)(H,37,38,41). The number of thiazole rings is 1. The van der Waals surface area contributed by atoms with Crippen molar-refractivity contribution in [3.63, 3.8) is 0 Å². The zero-order valence-electron chi connectivity index (χ0n) is 25.7. The number of methoxy groups -OCH3 is 1. The quantitative estimate of drug-likeness (QED) is 0.229. The largest absolute Gasteiger partial charge is 0.496 e. The van der Waals surface area contributed by atoms with Gasteiger partial charge in [0.15, 0.2) is 5.13 Å². The number of rotatable bonds is 11. The van der Waals surface area contributed by atoms with Crippen LogP contribution in [0.5, 0.6) is 5.75 Å². The van der Waals surface area contributed by atoms with Crippen LogP contribution in [-0.4, -0.2) is 74.7 Å². The van der Waals surface area contributed by atoms with Gasteiger partial charge in [-0.25, -0.2) is 15.0 Å². The van der Waals surface area contributed by atoms with Gasteiger partial charge in [-0.1, -0.05) is 18.3 Å². The van der Waals surface area contributed by atoms with E-state index in [1.54, 1.807) is 6.07 Å². The molecule has 2 fully saturated rings. The number of carbonyl (C=O) groups is 2. The van der Waals surface area contributed by atoms with Crippen LogP contribution in [0.1, 0.15) is 66.4 Å². The number of likely N-dealkylation sites (tertiary alicyclic amines) is 1. The van der Waals surface area contributed by atoms with Crippen LogP contribution in [0.3, 0.4) is 0 Å². The third-order valence-corrected chi connectivity index (χ3v) is 10.7. The second kappa shape index (κ2) is 15.0. The van der Waals surface area contributed by atoms with Gasteiger partial charge < -0.3 is 14.7 Å². The van der Waals surface area contributed by atoms with Crippen molar-refractivity contribution < 1.29 is 32.6 Å². The Morgan fingerprint density at radius 2 is 1.91 bits per heavy atom. The first-order valence-corrected chi connectivity index (χ1v) is 17.2. The van der Waals surface area contributed by atoms with Gasteiger partial charge in [-0.05, 0) is 69.0 Å². The zero-order valence-corrected chi connectivity index (χ0v) is 27.3. The maximum absolute atomic E-state index is 13.9. The van der Waals surface area contributed by atoms with E-state index in [0.717, 1.165) is 48.9 Å². The predicted molar refractivity (Wildman–Crippen MR) is 172 cm³/mol. The number of halogens is 3. The molecule has 4 heterocycles. The molecule has 1 amide bonds. The predicted octanol–water partition coefficient (Wildman–Crippen LogP) is 6.64. The second-order valence-corrected chi connectivity index (χ2v) is 13.7. The molecule has 0 spiro atoms. The molecule has 2 saturated heterocycles. The summed E-state index contributed by atoms with van der Waals surface area (Å²) < 4.78 is 46.8. The maximum Gasteiger partial charge on any atom is 0.419 e. The highest BCUT2D eigenvalue weighted by molar-refractivity contribution is 7.99. The van der Waals surface area contributed by atoms with Crippen molar-refractivity contribution in [3.05, 3.63) is 46.7 Å². The van der Waals surface area contributed by atoms with Crippen molar-refractivity contribution in [1.82, 2.24) is 19.9 Å². The number of hydrogen-bond donors (Lipinski definition) is 2. The van der Waals surface area contributed by atoms with Crippen LogP contribution >= 0.6 is 23.1 Å². The molecule has 0 bridgehead atoms. The Balaban J connectivity index is 1.39. The zero-order chi connectivity index (χ0) is 32.8. The van der Waals surface area contributed by atoms with E-state index in [1.807, 2.05) is 16.7 Å². The summed E-state index contributed by atoms with van der Waals surface area (Å²) in [6, 6.07) is 3.90. The number of carboxylic acids is 1. The molecule has 0 saturated carbocycles. The number of aromatic nitrogens is 3. The minimum atomic E-state index is -4.62. The summed E-state index contributed by atoms with van der Waals surface area (Å²) in [5.41, 5.74) is -0.179. The van der Waals surface area contributed by atoms with E-state index in [-0.39, 0.29) is 28.1 Å². The third kappa shape index (κ3) is 8.10. The number of nitrogens with zero attached hydrogens (tertiary/aromatic N) is 5. The van der Waals surface area contributed by atoms with E-state index in [0.29, 0.717) is 49.4 Å². The van der Waals surface area contributed by atoms with Crippen LogP contribution in [0.2, 0.25) is 0 Å². The second-order valence-electron chi connectivity index (χ2n) is 11.3. The first-order chi connectivity index (χ1) is 22.1. The molecule has 1 aromatic carbocycles. The van der Waals surface area contributed by atoms with Gasteiger partial charge in [0.1, 0.15) is 17.3 Å². The van der Waals surface area contributed by atoms with Gasteiger partial charge in [0.25, 0.3) is 5.91 Å². The van der Waals surface area contributed by atoms with Crippen LogP contribution in [0, 0.1) is 5.92 Å². The number of thioether (sulfide) groups is 1. The number of aliphatic carboxylic acids is 1. The molecule has 248 valence electrons. The van der Waals surface area contributed by atoms with Crippen molar-refractivity contribution in [2.75, 3.05) is 42.7 Å². The number of ether oxygens (including phenoxy) is 1. The lowest BCUT2D eigenvalue weighted by molar-refractivity contribution is -0.142. The van der Waals surface area contributed by atoms with Gasteiger partial charge in [-0.3, -0.25) is 19.8 Å². The van der Waals surface area contributed by atoms with Gasteiger partial charge in [0.2, 0.25) is 0 Å². The Morgan fingerprint density at radius 3 is 2.57 bits per heavy atom. The number of anilines is 2. The highest BCUT2D eigenvalue weighted by atomic mass is 32.2. The fraction of sp³-hybridized carbons (Fsp3) is 0.516. The molecular formula is C31H37F3N6O4S2. The number of benzene rings is 1. The maximum atomic E-state index is 13.9. The topological polar surface area (TPSA) is 121 Å². The van der Waals surface area contributed by atoms with Crippen LogP contribution in [0.25, 0.3) is 11.3 Å². The fourth-order valence-electron chi connectivity index (χ4n) is 5.70. The summed E-state index contributed by atoms with van der Waals surface area (Å²) in [7, 11) is 1.20. The SMILES string of the molecule is CCCSC1CCCCN1Cc1sc(NC(=O)c2cnc(N3CCC(C(=O)O)CC3)cn2)nc1-c1ccc(OC)c(C(F)(F)F)c1. The number of hydrogen-bond acceptors (Lipinski definition) is 10. The first kappa shape index (κ1) is 33.9. The summed E-state index contributed by atoms with van der Waals surface area (Å²) in [6.45, 7) is 4.55. The van der Waals surface area contributed by atoms with Crippen molar-refractivity contribution in [2.24, 2.45) is 5.92 Å². The van der Waals surface area contributed by atoms with Gasteiger partial charge in [-0.15, -0.1) is 11.8 Å². The first-order valence-electron chi connectivity index (χ1n) is 15.3. The molecule has 2 aliphatic heterocycles. The van der Waals surface area contributed by atoms with Gasteiger partial charge in [0, 0.05) is 30.1 Å². The molecule has 0 aliphatic carbocycles. The summed E-state index contributed by atoms with van der Waals surface area (Å²) >= 11 is 3.13. The van der Waals surface area contributed by atoms with Crippen LogP contribution < -0.4 is 15.0 Å². The van der Waals surface area contributed by atoms with Crippen molar-refractivity contribution in [1.29, 1.82) is 0 Å². The van der Waals surface area contributed by atoms with E-state index >= 15 is 0 Å². The lowest BCUT2D eigenvalue weighted by Crippen LogP contribution is -2.36. The smallest absolute Gasteiger partial charge is 0.419 e. The molecule has 2 aromatic heterocycles. The number of piperidine rings is 2. The summed E-state index contributed by atoms with van der Waals surface area (Å²) in [4.78, 5) is 42.8. The average molecular weight is 679 g/mol. The van der Waals surface area contributed by atoms with Crippen LogP contribution in [-0.2, 0) is 17.5 Å². The molecule has 15 heteroatoms. The van der Waals surface area contributed by atoms with E-state index in [9.17, 15) is 27.9 Å². The lowest BCUT2D eigenvalue weighted by Gasteiger charge is -2.35. The van der Waals surface area contributed by atoms with Crippen molar-refractivity contribution >= 4 is 45.9 Å². The molecule has 2 aliphatic rings. The number of carboxylic acid groups (broad SMARTS) is 1. The number of nitrogens with one attached hydrogen (secondary N) is 1. The van der Waals surface area contributed by atoms with E-state index in [1.165, 1.54) is 36.9 Å². The molecule has 10 nitrogen and oxygen atoms in total. The van der Waals surface area contributed by atoms with Crippen LogP contribution in [0.4, 0.5) is 24.1 Å². The fourth-order valence-corrected chi connectivity index (χ4v) is 7.94. The van der Waals surface area contributed by atoms with E-state index in [4.69, 9.17) is 4.74 Å². The van der Waals surface area contributed by atoms with Crippen LogP contribution in [0.15, 0.2) is 30.6 Å². The molecule has 0 radical (unpaired) electrons.